The van der Waals surface area contributed by atoms with Crippen molar-refractivity contribution < 1.29 is 23.8 Å². The monoisotopic (exact) mass is 439 g/mol. The lowest BCUT2D eigenvalue weighted by atomic mass is 10.0. The summed E-state index contributed by atoms with van der Waals surface area (Å²) in [5.41, 5.74) is 4.04. The fourth-order valence-electron chi connectivity index (χ4n) is 3.15. The molecule has 31 heavy (non-hydrogen) atoms. The Morgan fingerprint density at radius 1 is 1.10 bits per heavy atom. The number of nitrogens with one attached hydrogen (secondary N) is 1. The van der Waals surface area contributed by atoms with Gasteiger partial charge >= 0.3 is 11.9 Å². The summed E-state index contributed by atoms with van der Waals surface area (Å²) < 4.78 is 15.9. The second kappa shape index (κ2) is 10.1. The van der Waals surface area contributed by atoms with Crippen molar-refractivity contribution in [2.75, 3.05) is 19.0 Å². The fourth-order valence-corrected chi connectivity index (χ4v) is 4.11. The van der Waals surface area contributed by atoms with Crippen LogP contribution >= 0.6 is 11.3 Å². The highest BCUT2D eigenvalue weighted by Crippen LogP contribution is 2.37. The van der Waals surface area contributed by atoms with E-state index in [1.54, 1.807) is 20.1 Å². The molecule has 0 aliphatic rings. The number of rotatable bonds is 8. The molecule has 0 saturated heterocycles. The molecule has 1 heterocycles. The number of esters is 2. The molecular formula is C24H25NO5S. The Hall–Kier alpha value is -3.32. The molecule has 3 aromatic rings. The zero-order valence-electron chi connectivity index (χ0n) is 18.0. The molecule has 7 heteroatoms. The van der Waals surface area contributed by atoms with Crippen LogP contribution in [0, 0.1) is 6.92 Å². The van der Waals surface area contributed by atoms with Gasteiger partial charge in [-0.1, -0.05) is 29.8 Å². The molecule has 162 valence electrons. The molecule has 0 radical (unpaired) electrons. The number of benzene rings is 2. The number of carbonyl (C=O) groups excluding carboxylic acids is 2. The van der Waals surface area contributed by atoms with E-state index >= 15 is 0 Å². The normalized spacial score (nSPS) is 10.5. The smallest absolute Gasteiger partial charge is 0.341 e. The van der Waals surface area contributed by atoms with Gasteiger partial charge in [0.1, 0.15) is 22.1 Å². The van der Waals surface area contributed by atoms with Crippen LogP contribution in [0.4, 0.5) is 5.00 Å². The maximum atomic E-state index is 12.8. The van der Waals surface area contributed by atoms with Gasteiger partial charge in [0.05, 0.1) is 13.7 Å². The summed E-state index contributed by atoms with van der Waals surface area (Å²) in [5.74, 6) is 0.472. The van der Waals surface area contributed by atoms with Gasteiger partial charge in [-0.05, 0) is 37.6 Å². The number of hydrogen-bond acceptors (Lipinski definition) is 7. The number of ether oxygens (including phenoxy) is 3. The third-order valence-corrected chi connectivity index (χ3v) is 5.52. The van der Waals surface area contributed by atoms with Crippen LogP contribution in [-0.4, -0.2) is 25.7 Å². The maximum absolute atomic E-state index is 12.8. The Balaban J connectivity index is 1.93. The first kappa shape index (κ1) is 22.4. The molecular weight excluding hydrogens is 414 g/mol. The molecule has 0 bridgehead atoms. The Kier molecular flexibility index (Phi) is 7.31. The van der Waals surface area contributed by atoms with Crippen LogP contribution in [0.2, 0.25) is 0 Å². The standard InChI is InChI=1S/C24H25NO5S/c1-5-29-24(27)22-20(17-7-9-19(28-4)10-8-17)14-31-23(22)25-13-18-12-15(2)6-11-21(18)30-16(3)26/h6-12,14,25H,5,13H2,1-4H3. The molecule has 1 aromatic heterocycles. The molecule has 0 aliphatic heterocycles. The number of methoxy groups -OCH3 is 1. The summed E-state index contributed by atoms with van der Waals surface area (Å²) in [7, 11) is 1.61. The van der Waals surface area contributed by atoms with Crippen LogP contribution < -0.4 is 14.8 Å². The molecule has 1 N–H and O–H groups in total. The third kappa shape index (κ3) is 5.44. The summed E-state index contributed by atoms with van der Waals surface area (Å²) in [6.45, 7) is 5.79. The van der Waals surface area contributed by atoms with Crippen LogP contribution in [0.5, 0.6) is 11.5 Å². The van der Waals surface area contributed by atoms with E-state index in [1.807, 2.05) is 48.7 Å². The van der Waals surface area contributed by atoms with Gasteiger partial charge in [0, 0.05) is 30.0 Å². The Morgan fingerprint density at radius 2 is 1.84 bits per heavy atom. The number of anilines is 1. The summed E-state index contributed by atoms with van der Waals surface area (Å²) in [4.78, 5) is 24.2. The first-order chi connectivity index (χ1) is 14.9. The minimum Gasteiger partial charge on any atom is -0.497 e. The van der Waals surface area contributed by atoms with E-state index in [4.69, 9.17) is 14.2 Å². The predicted octanol–water partition coefficient (Wildman–Crippen LogP) is 5.45. The second-order valence-corrected chi connectivity index (χ2v) is 7.74. The van der Waals surface area contributed by atoms with Crippen LogP contribution in [0.3, 0.4) is 0 Å². The van der Waals surface area contributed by atoms with Gasteiger partial charge in [0.15, 0.2) is 0 Å². The Bertz CT molecular complexity index is 1070. The van der Waals surface area contributed by atoms with Crippen molar-refractivity contribution in [3.8, 4) is 22.6 Å². The van der Waals surface area contributed by atoms with Gasteiger partial charge < -0.3 is 19.5 Å². The van der Waals surface area contributed by atoms with Crippen LogP contribution in [0.25, 0.3) is 11.1 Å². The first-order valence-corrected chi connectivity index (χ1v) is 10.8. The van der Waals surface area contributed by atoms with Gasteiger partial charge in [-0.2, -0.15) is 0 Å². The molecule has 0 fully saturated rings. The maximum Gasteiger partial charge on any atom is 0.341 e. The number of thiophene rings is 1. The number of carbonyl (C=O) groups is 2. The summed E-state index contributed by atoms with van der Waals surface area (Å²) >= 11 is 1.43. The van der Waals surface area contributed by atoms with Crippen molar-refractivity contribution in [3.05, 3.63) is 64.5 Å². The summed E-state index contributed by atoms with van der Waals surface area (Å²) in [5, 5.41) is 5.95. The van der Waals surface area contributed by atoms with Gasteiger partial charge in [0.2, 0.25) is 0 Å². The highest BCUT2D eigenvalue weighted by atomic mass is 32.1. The van der Waals surface area contributed by atoms with E-state index < -0.39 is 0 Å². The van der Waals surface area contributed by atoms with Crippen molar-refractivity contribution in [2.24, 2.45) is 0 Å². The molecule has 0 spiro atoms. The van der Waals surface area contributed by atoms with Gasteiger partial charge in [0.25, 0.3) is 0 Å². The third-order valence-electron chi connectivity index (χ3n) is 4.58. The lowest BCUT2D eigenvalue weighted by Gasteiger charge is -2.13. The molecule has 0 unspecified atom stereocenters. The van der Waals surface area contributed by atoms with Gasteiger partial charge in [-0.15, -0.1) is 11.3 Å². The van der Waals surface area contributed by atoms with Crippen molar-refractivity contribution >= 4 is 28.3 Å². The fraction of sp³-hybridized carbons (Fsp3) is 0.250. The minimum atomic E-state index is -0.387. The zero-order valence-corrected chi connectivity index (χ0v) is 18.8. The van der Waals surface area contributed by atoms with E-state index in [0.717, 1.165) is 28.0 Å². The zero-order chi connectivity index (χ0) is 22.4. The van der Waals surface area contributed by atoms with E-state index in [0.29, 0.717) is 22.9 Å². The van der Waals surface area contributed by atoms with Crippen molar-refractivity contribution in [1.29, 1.82) is 0 Å². The molecule has 0 amide bonds. The Morgan fingerprint density at radius 3 is 2.48 bits per heavy atom. The number of hydrogen-bond donors (Lipinski definition) is 1. The van der Waals surface area contributed by atoms with Crippen molar-refractivity contribution in [2.45, 2.75) is 27.3 Å². The summed E-state index contributed by atoms with van der Waals surface area (Å²) in [6.07, 6.45) is 0. The Labute approximate surface area is 185 Å². The van der Waals surface area contributed by atoms with E-state index in [-0.39, 0.29) is 18.5 Å². The van der Waals surface area contributed by atoms with Crippen molar-refractivity contribution in [3.63, 3.8) is 0 Å². The highest BCUT2D eigenvalue weighted by molar-refractivity contribution is 7.15. The topological polar surface area (TPSA) is 73.9 Å². The molecule has 0 atom stereocenters. The quantitative estimate of drug-likeness (QED) is 0.372. The van der Waals surface area contributed by atoms with E-state index in [2.05, 4.69) is 5.32 Å². The summed E-state index contributed by atoms with van der Waals surface area (Å²) in [6, 6.07) is 13.1. The van der Waals surface area contributed by atoms with Crippen LogP contribution in [-0.2, 0) is 16.1 Å². The van der Waals surface area contributed by atoms with E-state index in [1.165, 1.54) is 18.3 Å². The van der Waals surface area contributed by atoms with Gasteiger partial charge in [-0.25, -0.2) is 4.79 Å². The average Bonchev–Trinajstić information content (AvgIpc) is 3.18. The molecule has 0 saturated carbocycles. The second-order valence-electron chi connectivity index (χ2n) is 6.86. The van der Waals surface area contributed by atoms with Gasteiger partial charge in [-0.3, -0.25) is 4.79 Å². The SMILES string of the molecule is CCOC(=O)c1c(-c2ccc(OC)cc2)csc1NCc1cc(C)ccc1OC(C)=O. The van der Waals surface area contributed by atoms with E-state index in [9.17, 15) is 9.59 Å². The average molecular weight is 440 g/mol. The largest absolute Gasteiger partial charge is 0.497 e. The minimum absolute atomic E-state index is 0.282. The molecule has 2 aromatic carbocycles. The molecule has 3 rings (SSSR count). The lowest BCUT2D eigenvalue weighted by molar-refractivity contribution is -0.131. The van der Waals surface area contributed by atoms with Crippen molar-refractivity contribution in [1.82, 2.24) is 0 Å². The number of aryl methyl sites for hydroxylation is 1. The molecule has 0 aliphatic carbocycles. The predicted molar refractivity (Wildman–Crippen MR) is 122 cm³/mol. The van der Waals surface area contributed by atoms with Crippen LogP contribution in [0.1, 0.15) is 35.3 Å². The van der Waals surface area contributed by atoms with Crippen LogP contribution in [0.15, 0.2) is 47.8 Å². The first-order valence-electron chi connectivity index (χ1n) is 9.87. The highest BCUT2D eigenvalue weighted by Gasteiger charge is 2.22. The molecule has 6 nitrogen and oxygen atoms in total. The lowest BCUT2D eigenvalue weighted by Crippen LogP contribution is -2.10.